The lowest BCUT2D eigenvalue weighted by Gasteiger charge is -2.21. The van der Waals surface area contributed by atoms with Crippen LogP contribution in [0.25, 0.3) is 0 Å². The van der Waals surface area contributed by atoms with Gasteiger partial charge >= 0.3 is 39.5 Å². The van der Waals surface area contributed by atoms with Crippen molar-refractivity contribution in [2.45, 2.75) is 451 Å². The number of carbonyl (C=O) groups is 4. The van der Waals surface area contributed by atoms with Crippen molar-refractivity contribution < 1.29 is 80.2 Å². The molecule has 0 aliphatic carbocycles. The Morgan fingerprint density at radius 2 is 0.460 bits per heavy atom. The number of rotatable bonds is 81. The highest BCUT2D eigenvalue weighted by molar-refractivity contribution is 7.47. The summed E-state index contributed by atoms with van der Waals surface area (Å²) in [6.45, 7) is 7.29. The molecule has 0 amide bonds. The Balaban J connectivity index is 5.20. The van der Waals surface area contributed by atoms with E-state index >= 15 is 0 Å². The normalized spacial score (nSPS) is 13.8. The first-order valence-electron chi connectivity index (χ1n) is 42.1. The van der Waals surface area contributed by atoms with Crippen molar-refractivity contribution in [3.05, 3.63) is 0 Å². The van der Waals surface area contributed by atoms with E-state index < -0.39 is 97.5 Å². The summed E-state index contributed by atoms with van der Waals surface area (Å²) in [5.74, 6) is -1.37. The molecule has 0 radical (unpaired) electrons. The molecule has 0 bridgehead atoms. The van der Waals surface area contributed by atoms with Gasteiger partial charge in [0.1, 0.15) is 19.3 Å². The van der Waals surface area contributed by atoms with Crippen molar-refractivity contribution >= 4 is 39.5 Å². The second-order valence-electron chi connectivity index (χ2n) is 29.6. The smallest absolute Gasteiger partial charge is 0.462 e. The van der Waals surface area contributed by atoms with Crippen LogP contribution in [-0.2, 0) is 65.4 Å². The Morgan fingerprint density at radius 3 is 0.680 bits per heavy atom. The van der Waals surface area contributed by atoms with Gasteiger partial charge in [-0.15, -0.1) is 0 Å². The fourth-order valence-corrected chi connectivity index (χ4v) is 14.2. The maximum atomic E-state index is 13.1. The zero-order chi connectivity index (χ0) is 73.4. The molecule has 2 unspecified atom stereocenters. The van der Waals surface area contributed by atoms with Gasteiger partial charge in [-0.25, -0.2) is 9.13 Å². The molecule has 0 aliphatic rings. The van der Waals surface area contributed by atoms with Gasteiger partial charge in [0.25, 0.3) is 0 Å². The number of phosphoric acid groups is 2. The number of unbranched alkanes of at least 4 members (excludes halogenated alkanes) is 53. The number of carbonyl (C=O) groups excluding carboxylic acids is 4. The molecule has 0 heterocycles. The number of phosphoric ester groups is 2. The van der Waals surface area contributed by atoms with Crippen LogP contribution in [0.3, 0.4) is 0 Å². The number of hydrogen-bond acceptors (Lipinski definition) is 15. The van der Waals surface area contributed by atoms with Crippen molar-refractivity contribution in [2.75, 3.05) is 39.6 Å². The van der Waals surface area contributed by atoms with Crippen LogP contribution in [0.2, 0.25) is 0 Å². The standard InChI is InChI=1S/C81H158O17P2/c1-6-9-12-15-18-21-24-26-28-30-31-32-33-34-35-37-39-41-46-51-56-61-66-80(85)97-76(71-92-79(84)65-60-55-50-45-40-38-36-29-27-25-22-19-16-13-10-7-2)72-95-99(87,88)93-68-75(82)69-94-100(89,90)96-73-77(70-91-78(83)64-59-54-49-44-23-20-17-14-11-8-3)98-81(86)67-62-57-52-47-42-43-48-53-58-63-74(4)5/h74-77,82H,6-73H2,1-5H3,(H,87,88)(H,89,90)/t75-,76-,77-/m1/s1. The highest BCUT2D eigenvalue weighted by Gasteiger charge is 2.30. The predicted octanol–water partition coefficient (Wildman–Crippen LogP) is 24.4. The van der Waals surface area contributed by atoms with Crippen molar-refractivity contribution in [1.29, 1.82) is 0 Å². The second-order valence-corrected chi connectivity index (χ2v) is 32.5. The van der Waals surface area contributed by atoms with Crippen LogP contribution in [0.15, 0.2) is 0 Å². The summed E-state index contributed by atoms with van der Waals surface area (Å²) in [6, 6.07) is 0. The monoisotopic (exact) mass is 1470 g/mol. The minimum Gasteiger partial charge on any atom is -0.462 e. The Morgan fingerprint density at radius 1 is 0.270 bits per heavy atom. The molecule has 100 heavy (non-hydrogen) atoms. The fourth-order valence-electron chi connectivity index (χ4n) is 12.6. The minimum absolute atomic E-state index is 0.106. The van der Waals surface area contributed by atoms with E-state index in [4.69, 9.17) is 37.0 Å². The van der Waals surface area contributed by atoms with E-state index in [1.807, 2.05) is 0 Å². The van der Waals surface area contributed by atoms with E-state index in [-0.39, 0.29) is 25.7 Å². The molecule has 3 N–H and O–H groups in total. The molecule has 5 atom stereocenters. The molecule has 0 aromatic rings. The Labute approximate surface area is 613 Å². The van der Waals surface area contributed by atoms with Crippen LogP contribution in [-0.4, -0.2) is 96.7 Å². The molecule has 17 nitrogen and oxygen atoms in total. The van der Waals surface area contributed by atoms with Gasteiger partial charge in [0.05, 0.1) is 26.4 Å². The zero-order valence-corrected chi connectivity index (χ0v) is 67.1. The van der Waals surface area contributed by atoms with Crippen LogP contribution in [0.1, 0.15) is 433 Å². The van der Waals surface area contributed by atoms with Crippen molar-refractivity contribution in [1.82, 2.24) is 0 Å². The number of ether oxygens (including phenoxy) is 4. The lowest BCUT2D eigenvalue weighted by Crippen LogP contribution is -2.30. The second kappa shape index (κ2) is 73.9. The van der Waals surface area contributed by atoms with Crippen LogP contribution in [0.5, 0.6) is 0 Å². The van der Waals surface area contributed by atoms with E-state index in [0.29, 0.717) is 25.7 Å². The van der Waals surface area contributed by atoms with E-state index in [9.17, 15) is 43.2 Å². The molecule has 0 saturated heterocycles. The topological polar surface area (TPSA) is 237 Å². The summed E-state index contributed by atoms with van der Waals surface area (Å²) in [5, 5.41) is 10.6. The van der Waals surface area contributed by atoms with Crippen LogP contribution in [0.4, 0.5) is 0 Å². The maximum Gasteiger partial charge on any atom is 0.472 e. The molecule has 0 aromatic heterocycles. The van der Waals surface area contributed by atoms with Crippen molar-refractivity contribution in [2.24, 2.45) is 5.92 Å². The first-order chi connectivity index (χ1) is 48.5. The van der Waals surface area contributed by atoms with Gasteiger partial charge in [0, 0.05) is 25.7 Å². The number of aliphatic hydroxyl groups excluding tert-OH is 1. The third-order valence-electron chi connectivity index (χ3n) is 19.0. The quantitative estimate of drug-likeness (QED) is 0.0222. The molecule has 0 fully saturated rings. The molecule has 594 valence electrons. The van der Waals surface area contributed by atoms with Crippen LogP contribution >= 0.6 is 15.6 Å². The van der Waals surface area contributed by atoms with Gasteiger partial charge in [-0.1, -0.05) is 381 Å². The molecular formula is C81H158O17P2. The molecule has 0 saturated carbocycles. The Bertz CT molecular complexity index is 1910. The SMILES string of the molecule is CCCCCCCCCCCCCCCCCCCCCCCCC(=O)O[C@H](COC(=O)CCCCCCCCCCCCCCCCCC)COP(=O)(O)OC[C@@H](O)COP(=O)(O)OC[C@@H](COC(=O)CCCCCCCCCCCC)OC(=O)CCCCCCCCCCCC(C)C. The van der Waals surface area contributed by atoms with E-state index in [1.165, 1.54) is 257 Å². The predicted molar refractivity (Wildman–Crippen MR) is 409 cm³/mol. The Hall–Kier alpha value is -1.94. The summed E-state index contributed by atoms with van der Waals surface area (Å²) in [4.78, 5) is 73.0. The zero-order valence-electron chi connectivity index (χ0n) is 65.3. The molecule has 0 aliphatic heterocycles. The minimum atomic E-state index is -4.96. The number of aliphatic hydroxyl groups is 1. The maximum absolute atomic E-state index is 13.1. The summed E-state index contributed by atoms with van der Waals surface area (Å²) in [5.41, 5.74) is 0. The van der Waals surface area contributed by atoms with E-state index in [1.54, 1.807) is 0 Å². The fraction of sp³-hybridized carbons (Fsp3) is 0.951. The van der Waals surface area contributed by atoms with Gasteiger partial charge in [0.2, 0.25) is 0 Å². The van der Waals surface area contributed by atoms with Gasteiger partial charge in [0.15, 0.2) is 12.2 Å². The molecule has 0 aromatic carbocycles. The lowest BCUT2D eigenvalue weighted by atomic mass is 10.0. The summed E-state index contributed by atoms with van der Waals surface area (Å²) in [7, 11) is -9.92. The molecule has 0 spiro atoms. The van der Waals surface area contributed by atoms with Crippen LogP contribution in [0, 0.1) is 5.92 Å². The first kappa shape index (κ1) is 98.1. The Kier molecular flexibility index (Phi) is 72.5. The summed E-state index contributed by atoms with van der Waals surface area (Å²) >= 11 is 0. The average molecular weight is 1470 g/mol. The highest BCUT2D eigenvalue weighted by atomic mass is 31.2. The molecule has 0 rings (SSSR count). The lowest BCUT2D eigenvalue weighted by molar-refractivity contribution is -0.161. The number of esters is 4. The van der Waals surface area contributed by atoms with Gasteiger partial charge in [-0.3, -0.25) is 37.3 Å². The van der Waals surface area contributed by atoms with Crippen molar-refractivity contribution in [3.8, 4) is 0 Å². The largest absolute Gasteiger partial charge is 0.472 e. The van der Waals surface area contributed by atoms with Crippen LogP contribution < -0.4 is 0 Å². The summed E-state index contributed by atoms with van der Waals surface area (Å²) < 4.78 is 68.7. The van der Waals surface area contributed by atoms with Gasteiger partial charge in [-0.2, -0.15) is 0 Å². The third kappa shape index (κ3) is 74.3. The third-order valence-corrected chi connectivity index (χ3v) is 20.9. The average Bonchev–Trinajstić information content (AvgIpc) is 0.925. The van der Waals surface area contributed by atoms with E-state index in [0.717, 1.165) is 95.8 Å². The van der Waals surface area contributed by atoms with Gasteiger partial charge < -0.3 is 33.8 Å². The van der Waals surface area contributed by atoms with Gasteiger partial charge in [-0.05, 0) is 31.6 Å². The van der Waals surface area contributed by atoms with Crippen molar-refractivity contribution in [3.63, 3.8) is 0 Å². The summed E-state index contributed by atoms with van der Waals surface area (Å²) in [6.07, 6.45) is 65.3. The number of hydrogen-bond donors (Lipinski definition) is 3. The highest BCUT2D eigenvalue weighted by Crippen LogP contribution is 2.45. The van der Waals surface area contributed by atoms with E-state index in [2.05, 4.69) is 34.6 Å². The first-order valence-corrected chi connectivity index (χ1v) is 45.1. The molecular weight excluding hydrogens is 1310 g/mol. The molecule has 19 heteroatoms.